The van der Waals surface area contributed by atoms with Crippen LogP contribution in [-0.4, -0.2) is 17.2 Å². The monoisotopic (exact) mass is 523 g/mol. The van der Waals surface area contributed by atoms with Crippen molar-refractivity contribution in [2.24, 2.45) is 0 Å². The second-order valence-electron chi connectivity index (χ2n) is 7.52. The number of aromatic nitrogens is 1. The van der Waals surface area contributed by atoms with E-state index in [2.05, 4.69) is 26.2 Å². The number of methoxy groups -OCH3 is 1. The van der Waals surface area contributed by atoms with E-state index in [1.165, 1.54) is 12.1 Å². The van der Waals surface area contributed by atoms with Gasteiger partial charge in [0, 0.05) is 28.0 Å². The molecule has 166 valence electrons. The van der Waals surface area contributed by atoms with Crippen molar-refractivity contribution in [3.63, 3.8) is 0 Å². The lowest BCUT2D eigenvalue weighted by atomic mass is 10.0. The van der Waals surface area contributed by atoms with Crippen molar-refractivity contribution in [1.29, 1.82) is 0 Å². The van der Waals surface area contributed by atoms with Crippen LogP contribution in [0.15, 0.2) is 87.9 Å². The second kappa shape index (κ2) is 8.96. The van der Waals surface area contributed by atoms with Crippen molar-refractivity contribution in [3.8, 4) is 17.1 Å². The van der Waals surface area contributed by atoms with Gasteiger partial charge < -0.3 is 19.4 Å². The minimum Gasteiger partial charge on any atom is -0.497 e. The van der Waals surface area contributed by atoms with Gasteiger partial charge in [0.15, 0.2) is 5.11 Å². The molecule has 2 aromatic carbocycles. The number of furan rings is 1. The first-order chi connectivity index (χ1) is 16.0. The number of rotatable bonds is 5. The average molecular weight is 524 g/mol. The molecule has 0 aliphatic carbocycles. The van der Waals surface area contributed by atoms with E-state index in [-0.39, 0.29) is 17.9 Å². The summed E-state index contributed by atoms with van der Waals surface area (Å²) < 4.78 is 26.0. The van der Waals surface area contributed by atoms with Crippen LogP contribution in [0.5, 0.6) is 5.75 Å². The van der Waals surface area contributed by atoms with Gasteiger partial charge in [0.05, 0.1) is 18.8 Å². The molecule has 1 saturated heterocycles. The van der Waals surface area contributed by atoms with Crippen LogP contribution in [0.2, 0.25) is 0 Å². The maximum atomic E-state index is 13.6. The van der Waals surface area contributed by atoms with Gasteiger partial charge in [0.25, 0.3) is 0 Å². The van der Waals surface area contributed by atoms with Crippen molar-refractivity contribution in [2.45, 2.75) is 12.1 Å². The Hall–Kier alpha value is -3.23. The van der Waals surface area contributed by atoms with E-state index >= 15 is 0 Å². The Morgan fingerprint density at radius 3 is 2.73 bits per heavy atom. The lowest BCUT2D eigenvalue weighted by molar-refractivity contribution is 0.414. The van der Waals surface area contributed by atoms with Crippen LogP contribution in [0, 0.1) is 5.82 Å². The summed E-state index contributed by atoms with van der Waals surface area (Å²) in [6.07, 6.45) is 1.76. The molecule has 2 atom stereocenters. The fourth-order valence-corrected chi connectivity index (χ4v) is 4.92. The van der Waals surface area contributed by atoms with Gasteiger partial charge in [-0.15, -0.1) is 0 Å². The summed E-state index contributed by atoms with van der Waals surface area (Å²) in [4.78, 5) is 6.57. The predicted octanol–water partition coefficient (Wildman–Crippen LogP) is 6.43. The average Bonchev–Trinajstić information content (AvgIpc) is 3.44. The molecule has 33 heavy (non-hydrogen) atoms. The van der Waals surface area contributed by atoms with Crippen LogP contribution in [0.1, 0.15) is 23.5 Å². The van der Waals surface area contributed by atoms with Crippen LogP contribution in [0.25, 0.3) is 11.3 Å². The van der Waals surface area contributed by atoms with Crippen molar-refractivity contribution < 1.29 is 13.5 Å². The Labute approximate surface area is 204 Å². The molecule has 0 radical (unpaired) electrons. The van der Waals surface area contributed by atoms with Crippen molar-refractivity contribution in [2.75, 3.05) is 12.0 Å². The Kier molecular flexibility index (Phi) is 5.86. The molecule has 0 saturated carbocycles. The van der Waals surface area contributed by atoms with Crippen molar-refractivity contribution in [3.05, 3.63) is 101 Å². The summed E-state index contributed by atoms with van der Waals surface area (Å²) in [6.45, 7) is 0. The van der Waals surface area contributed by atoms with E-state index in [4.69, 9.17) is 21.4 Å². The quantitative estimate of drug-likeness (QED) is 0.304. The molecule has 0 amide bonds. The van der Waals surface area contributed by atoms with Crippen LogP contribution >= 0.6 is 28.1 Å². The van der Waals surface area contributed by atoms with E-state index in [0.29, 0.717) is 21.1 Å². The molecular weight excluding hydrogens is 505 g/mol. The summed E-state index contributed by atoms with van der Waals surface area (Å²) in [5.74, 6) is 1.74. The number of hydrogen-bond acceptors (Lipinski definition) is 4. The Bertz CT molecular complexity index is 1310. The highest BCUT2D eigenvalue weighted by Gasteiger charge is 2.42. The minimum atomic E-state index is -0.317. The Balaban J connectivity index is 1.61. The lowest BCUT2D eigenvalue weighted by Gasteiger charge is -2.26. The third-order valence-corrected chi connectivity index (χ3v) is 6.52. The molecule has 1 aliphatic rings. The molecule has 0 spiro atoms. The molecule has 5 nitrogen and oxygen atoms in total. The van der Waals surface area contributed by atoms with E-state index in [0.717, 1.165) is 22.7 Å². The SMILES string of the molecule is COc1cccc(N2C(=S)N[C@@H](c3ccccn3)[C@H]2c2ccc(-c3ccc(F)cc3Br)o2)c1. The number of thiocarbonyl (C=S) groups is 1. The van der Waals surface area contributed by atoms with Gasteiger partial charge in [-0.05, 0) is 82.7 Å². The molecule has 1 N–H and O–H groups in total. The van der Waals surface area contributed by atoms with Crippen molar-refractivity contribution in [1.82, 2.24) is 10.3 Å². The predicted molar refractivity (Wildman–Crippen MR) is 133 cm³/mol. The van der Waals surface area contributed by atoms with Gasteiger partial charge in [-0.2, -0.15) is 0 Å². The second-order valence-corrected chi connectivity index (χ2v) is 8.77. The summed E-state index contributed by atoms with van der Waals surface area (Å²) in [5.41, 5.74) is 2.48. The van der Waals surface area contributed by atoms with Gasteiger partial charge in [0.1, 0.15) is 29.1 Å². The molecule has 1 fully saturated rings. The molecule has 5 rings (SSSR count). The maximum absolute atomic E-state index is 13.6. The molecule has 1 aliphatic heterocycles. The minimum absolute atomic E-state index is 0.236. The maximum Gasteiger partial charge on any atom is 0.174 e. The van der Waals surface area contributed by atoms with E-state index < -0.39 is 0 Å². The number of pyridine rings is 1. The zero-order valence-electron chi connectivity index (χ0n) is 17.5. The molecule has 8 heteroatoms. The highest BCUT2D eigenvalue weighted by atomic mass is 79.9. The molecule has 2 aromatic heterocycles. The number of nitrogens with zero attached hydrogens (tertiary/aromatic N) is 2. The zero-order chi connectivity index (χ0) is 22.9. The largest absolute Gasteiger partial charge is 0.497 e. The summed E-state index contributed by atoms with van der Waals surface area (Å²) in [5, 5.41) is 3.97. The molecule has 3 heterocycles. The van der Waals surface area contributed by atoms with Crippen LogP contribution < -0.4 is 15.0 Å². The van der Waals surface area contributed by atoms with Gasteiger partial charge in [0.2, 0.25) is 0 Å². The number of benzene rings is 2. The first-order valence-corrected chi connectivity index (χ1v) is 11.4. The lowest BCUT2D eigenvalue weighted by Crippen LogP contribution is -2.29. The fourth-order valence-electron chi connectivity index (χ4n) is 4.03. The first kappa shape index (κ1) is 21.6. The molecule has 4 aromatic rings. The summed E-state index contributed by atoms with van der Waals surface area (Å²) >= 11 is 9.18. The number of halogens is 2. The van der Waals surface area contributed by atoms with Crippen LogP contribution in [-0.2, 0) is 0 Å². The summed E-state index contributed by atoms with van der Waals surface area (Å²) in [6, 6.07) is 21.3. The summed E-state index contributed by atoms with van der Waals surface area (Å²) in [7, 11) is 1.63. The van der Waals surface area contributed by atoms with Gasteiger partial charge in [-0.25, -0.2) is 4.39 Å². The number of hydrogen-bond donors (Lipinski definition) is 1. The van der Waals surface area contributed by atoms with E-state index in [9.17, 15) is 4.39 Å². The standard InChI is InChI=1S/C25H19BrFN3O2S/c1-31-17-6-4-5-16(14-17)30-24(23(29-25(30)33)20-7-2-3-12-28-20)22-11-10-21(32-22)18-9-8-15(27)13-19(18)26/h2-14,23-24H,1H3,(H,29,33)/t23-,24+/m0/s1. The highest BCUT2D eigenvalue weighted by Crippen LogP contribution is 2.44. The number of nitrogens with one attached hydrogen (secondary N) is 1. The van der Waals surface area contributed by atoms with E-state index in [1.54, 1.807) is 19.4 Å². The first-order valence-electron chi connectivity index (χ1n) is 10.2. The molecule has 0 bridgehead atoms. The van der Waals surface area contributed by atoms with Gasteiger partial charge in [-0.3, -0.25) is 4.98 Å². The van der Waals surface area contributed by atoms with Crippen LogP contribution in [0.4, 0.5) is 10.1 Å². The van der Waals surface area contributed by atoms with Gasteiger partial charge >= 0.3 is 0 Å². The third-order valence-electron chi connectivity index (χ3n) is 5.54. The third kappa shape index (κ3) is 4.12. The topological polar surface area (TPSA) is 50.5 Å². The number of anilines is 1. The molecular formula is C25H19BrFN3O2S. The Morgan fingerprint density at radius 1 is 1.09 bits per heavy atom. The fraction of sp³-hybridized carbons (Fsp3) is 0.120. The van der Waals surface area contributed by atoms with Crippen molar-refractivity contribution >= 4 is 38.9 Å². The van der Waals surface area contributed by atoms with Crippen LogP contribution in [0.3, 0.4) is 0 Å². The normalized spacial score (nSPS) is 17.8. The van der Waals surface area contributed by atoms with E-state index in [1.807, 2.05) is 59.5 Å². The number of ether oxygens (including phenoxy) is 1. The smallest absolute Gasteiger partial charge is 0.174 e. The van der Waals surface area contributed by atoms with Gasteiger partial charge in [-0.1, -0.05) is 12.1 Å². The zero-order valence-corrected chi connectivity index (χ0v) is 19.9. The Morgan fingerprint density at radius 2 is 1.97 bits per heavy atom. The molecule has 0 unspecified atom stereocenters. The highest BCUT2D eigenvalue weighted by molar-refractivity contribution is 9.10.